The number of hydrogen-bond donors (Lipinski definition) is 0. The second-order valence-corrected chi connectivity index (χ2v) is 12.7. The Morgan fingerprint density at radius 2 is 1.40 bits per heavy atom. The zero-order valence-corrected chi connectivity index (χ0v) is 20.1. The van der Waals surface area contributed by atoms with Crippen LogP contribution in [-0.4, -0.2) is 8.07 Å². The van der Waals surface area contributed by atoms with Crippen LogP contribution in [0.3, 0.4) is 0 Å². The topological polar surface area (TPSA) is 0 Å². The van der Waals surface area contributed by atoms with E-state index in [1.165, 1.54) is 37.7 Å². The smallest absolute Gasteiger partial charge is 1.00 e. The summed E-state index contributed by atoms with van der Waals surface area (Å²) >= 11 is 0. The first-order chi connectivity index (χ1) is 10.0. The first-order valence-corrected chi connectivity index (χ1v) is 11.9. The van der Waals surface area contributed by atoms with E-state index in [2.05, 4.69) is 68.2 Å². The molecule has 0 nitrogen and oxygen atoms in total. The van der Waals surface area contributed by atoms with Crippen LogP contribution < -0.4 is 42.4 Å². The van der Waals surface area contributed by atoms with Crippen LogP contribution in [0.4, 0.5) is 0 Å². The summed E-state index contributed by atoms with van der Waals surface area (Å²) in [6.07, 6.45) is 6.75. The molecule has 5 heteroatoms. The van der Waals surface area contributed by atoms with Gasteiger partial charge in [0.25, 0.3) is 0 Å². The molecule has 1 aliphatic rings. The zero-order chi connectivity index (χ0) is 14.9. The van der Waals surface area contributed by atoms with E-state index < -0.39 is 8.07 Å². The molecule has 0 atom stereocenters. The second-order valence-electron chi connectivity index (χ2n) is 7.65. The first kappa shape index (κ1) is 27.6. The molecule has 2 aromatic carbocycles. The molecule has 0 spiro atoms. The second kappa shape index (κ2) is 11.3. The Labute approximate surface area is 188 Å². The van der Waals surface area contributed by atoms with E-state index in [1.54, 1.807) is 10.8 Å². The number of hydrogen-bond acceptors (Lipinski definition) is 0. The minimum atomic E-state index is -1.21. The van der Waals surface area contributed by atoms with Crippen molar-refractivity contribution in [3.05, 3.63) is 59.7 Å². The summed E-state index contributed by atoms with van der Waals surface area (Å²) in [5.74, 6) is 0. The molecule has 0 N–H and O–H groups in total. The Hall–Kier alpha value is 0.371. The third-order valence-electron chi connectivity index (χ3n) is 5.21. The Bertz CT molecular complexity index is 599. The van der Waals surface area contributed by atoms with Crippen LogP contribution >= 0.6 is 0 Å². The van der Waals surface area contributed by atoms with Crippen molar-refractivity contribution < 1.29 is 58.9 Å². The van der Waals surface area contributed by atoms with Crippen LogP contribution in [-0.2, 0) is 27.1 Å². The van der Waals surface area contributed by atoms with Crippen molar-refractivity contribution in [3.8, 4) is 0 Å². The van der Waals surface area contributed by atoms with Crippen molar-refractivity contribution in [3.63, 3.8) is 0 Å². The molecule has 25 heavy (non-hydrogen) atoms. The maximum absolute atomic E-state index is 2.53. The molecule has 2 aromatic rings. The Morgan fingerprint density at radius 3 is 1.88 bits per heavy atom. The summed E-state index contributed by atoms with van der Waals surface area (Å²) in [7, 11) is -1.21. The van der Waals surface area contributed by atoms with E-state index in [1.807, 2.05) is 0 Å². The van der Waals surface area contributed by atoms with Gasteiger partial charge in [-0.2, -0.15) is 12.1 Å². The summed E-state index contributed by atoms with van der Waals surface area (Å²) in [4.78, 5) is 0. The predicted molar refractivity (Wildman–Crippen MR) is 95.3 cm³/mol. The molecule has 0 heterocycles. The molecule has 0 bridgehead atoms. The molecule has 0 amide bonds. The van der Waals surface area contributed by atoms with Crippen LogP contribution in [0.5, 0.6) is 0 Å². The minimum Gasteiger partial charge on any atom is -1.00 e. The quantitative estimate of drug-likeness (QED) is 0.333. The molecule has 0 unspecified atom stereocenters. The van der Waals surface area contributed by atoms with E-state index in [0.717, 1.165) is 0 Å². The summed E-state index contributed by atoms with van der Waals surface area (Å²) < 4.78 is 0. The van der Waals surface area contributed by atoms with Crippen molar-refractivity contribution in [2.75, 3.05) is 0 Å². The predicted octanol–water partition coefficient (Wildman–Crippen LogP) is -3.79. The van der Waals surface area contributed by atoms with Crippen molar-refractivity contribution in [1.82, 2.24) is 0 Å². The summed E-state index contributed by atoms with van der Waals surface area (Å²) in [6, 6.07) is 18.6. The third kappa shape index (κ3) is 5.93. The third-order valence-corrected chi connectivity index (χ3v) is 7.25. The van der Waals surface area contributed by atoms with E-state index in [4.69, 9.17) is 0 Å². The van der Waals surface area contributed by atoms with Gasteiger partial charge in [0.2, 0.25) is 0 Å². The standard InChI is InChI=1S/C20H27Si.3ClH.Ti/c1-21(2,3)19-13-12-18(16-19)20(14-8-5-9-15-20)17-10-6-4-7-11-17;;;;/h4,6-7,10-13,16H,5,8-9,14-15H2,1-3H3;3*1H;/q-1;;;;+4/p-3. The largest absolute Gasteiger partial charge is 4.00 e. The average Bonchev–Trinajstić information content (AvgIpc) is 2.99. The van der Waals surface area contributed by atoms with E-state index >= 15 is 0 Å². The molecule has 1 fully saturated rings. The fourth-order valence-electron chi connectivity index (χ4n) is 3.86. The normalized spacial score (nSPS) is 15.6. The molecular formula is C20H27Cl3SiTi. The maximum atomic E-state index is 2.53. The van der Waals surface area contributed by atoms with E-state index in [9.17, 15) is 0 Å². The first-order valence-electron chi connectivity index (χ1n) is 8.36. The van der Waals surface area contributed by atoms with Crippen LogP contribution in [0.15, 0.2) is 48.5 Å². The molecule has 136 valence electrons. The number of halogens is 3. The molecule has 0 aromatic heterocycles. The molecule has 0 saturated heterocycles. The van der Waals surface area contributed by atoms with Gasteiger partial charge in [-0.25, -0.2) is 11.3 Å². The molecule has 1 aliphatic carbocycles. The fraction of sp³-hybridized carbons (Fsp3) is 0.450. The molecule has 0 radical (unpaired) electrons. The minimum absolute atomic E-state index is 0. The van der Waals surface area contributed by atoms with Crippen molar-refractivity contribution in [2.45, 2.75) is 57.2 Å². The number of rotatable bonds is 3. The molecule has 3 rings (SSSR count). The number of benzene rings is 1. The van der Waals surface area contributed by atoms with E-state index in [-0.39, 0.29) is 64.4 Å². The van der Waals surface area contributed by atoms with Gasteiger partial charge in [-0.15, -0.1) is 5.56 Å². The van der Waals surface area contributed by atoms with Crippen molar-refractivity contribution >= 4 is 13.3 Å². The van der Waals surface area contributed by atoms with Crippen molar-refractivity contribution in [2.24, 2.45) is 0 Å². The van der Waals surface area contributed by atoms with Crippen LogP contribution in [0.2, 0.25) is 19.6 Å². The van der Waals surface area contributed by atoms with Crippen LogP contribution in [0.25, 0.3) is 0 Å². The van der Waals surface area contributed by atoms with E-state index in [0.29, 0.717) is 0 Å². The Balaban J connectivity index is 0. The monoisotopic (exact) mass is 448 g/mol. The van der Waals surface area contributed by atoms with Crippen LogP contribution in [0, 0.1) is 0 Å². The SMILES string of the molecule is C[Si](C)(C)c1cc[c-](C2(c3ccccc3)CCCCC2)c1.[Cl-].[Cl-].[Cl-].[Ti+4]. The fourth-order valence-corrected chi connectivity index (χ4v) is 5.04. The average molecular weight is 450 g/mol. The van der Waals surface area contributed by atoms with Gasteiger partial charge in [0, 0.05) is 8.07 Å². The van der Waals surface area contributed by atoms with Gasteiger partial charge < -0.3 is 37.2 Å². The Morgan fingerprint density at radius 1 is 0.840 bits per heavy atom. The van der Waals surface area contributed by atoms with Gasteiger partial charge in [-0.05, 0) is 11.0 Å². The molecular weight excluding hydrogens is 423 g/mol. The van der Waals surface area contributed by atoms with Crippen LogP contribution in [0.1, 0.15) is 43.2 Å². The summed E-state index contributed by atoms with van der Waals surface area (Å²) in [5, 5.41) is 1.61. The van der Waals surface area contributed by atoms with Gasteiger partial charge in [0.15, 0.2) is 0 Å². The zero-order valence-electron chi connectivity index (χ0n) is 15.3. The van der Waals surface area contributed by atoms with Gasteiger partial charge in [0.1, 0.15) is 0 Å². The van der Waals surface area contributed by atoms with Gasteiger partial charge in [-0.1, -0.05) is 82.1 Å². The van der Waals surface area contributed by atoms with Gasteiger partial charge in [-0.3, -0.25) is 0 Å². The van der Waals surface area contributed by atoms with Crippen molar-refractivity contribution in [1.29, 1.82) is 0 Å². The van der Waals surface area contributed by atoms with Gasteiger partial charge in [0.05, 0.1) is 0 Å². The maximum Gasteiger partial charge on any atom is 4.00 e. The summed E-state index contributed by atoms with van der Waals surface area (Å²) in [5.41, 5.74) is 3.38. The van der Waals surface area contributed by atoms with Gasteiger partial charge >= 0.3 is 21.7 Å². The molecule has 0 aliphatic heterocycles. The Kier molecular flexibility index (Phi) is 12.4. The summed E-state index contributed by atoms with van der Waals surface area (Å²) in [6.45, 7) is 7.34. The molecule has 1 saturated carbocycles.